The third-order valence-corrected chi connectivity index (χ3v) is 7.42. The van der Waals surface area contributed by atoms with Crippen LogP contribution >= 0.6 is 0 Å². The number of likely N-dealkylation sites (N-methyl/N-ethyl adjacent to an activating group) is 1. The Bertz CT molecular complexity index is 798. The monoisotopic (exact) mass is 395 g/mol. The summed E-state index contributed by atoms with van der Waals surface area (Å²) in [6.45, 7) is 8.92. The molecule has 6 nitrogen and oxygen atoms in total. The van der Waals surface area contributed by atoms with Crippen molar-refractivity contribution in [1.82, 2.24) is 14.9 Å². The number of aliphatic imine (C=N–C) groups is 1. The van der Waals surface area contributed by atoms with Gasteiger partial charge in [0.2, 0.25) is 0 Å². The molecule has 0 spiro atoms. The summed E-state index contributed by atoms with van der Waals surface area (Å²) in [6.07, 6.45) is 12.7. The van der Waals surface area contributed by atoms with E-state index in [2.05, 4.69) is 34.0 Å². The summed E-state index contributed by atoms with van der Waals surface area (Å²) in [5.74, 6) is 2.68. The van der Waals surface area contributed by atoms with Crippen LogP contribution in [0.4, 0.5) is 5.82 Å². The smallest absolute Gasteiger partial charge is 0.133 e. The minimum absolute atomic E-state index is 0.309. The van der Waals surface area contributed by atoms with E-state index in [9.17, 15) is 0 Å². The molecule has 0 amide bonds. The average Bonchev–Trinajstić information content (AvgIpc) is 3.36. The molecule has 156 valence electrons. The number of H-pyrrole nitrogens is 1. The van der Waals surface area contributed by atoms with Crippen molar-refractivity contribution in [2.24, 2.45) is 21.9 Å². The van der Waals surface area contributed by atoms with Gasteiger partial charge in [0.1, 0.15) is 5.82 Å². The standard InChI is InChI=1S/C23H33N5O/c1-3-22-21(15-27(2)26-22)20-14-25-23-19(20)12-17(13-24-23)16-4-6-18(7-5-16)28-8-10-29-11-9-28/h3,13-14,16-18,21,25H,1,4-12,15H2,2H3. The number of ether oxygens (including phenoxy) is 1. The van der Waals surface area contributed by atoms with Crippen LogP contribution in [-0.2, 0) is 11.2 Å². The number of nitrogens with zero attached hydrogens (tertiary/aromatic N) is 4. The molecule has 1 aromatic rings. The number of rotatable bonds is 4. The molecule has 5 rings (SSSR count). The molecule has 2 unspecified atom stereocenters. The van der Waals surface area contributed by atoms with Crippen molar-refractivity contribution in [1.29, 1.82) is 0 Å². The number of aromatic nitrogens is 1. The van der Waals surface area contributed by atoms with Crippen LogP contribution in [-0.4, -0.2) is 72.8 Å². The largest absolute Gasteiger partial charge is 0.379 e. The van der Waals surface area contributed by atoms with Crippen LogP contribution < -0.4 is 0 Å². The lowest BCUT2D eigenvalue weighted by molar-refractivity contribution is 0.00369. The Morgan fingerprint density at radius 3 is 2.76 bits per heavy atom. The van der Waals surface area contributed by atoms with Crippen molar-refractivity contribution < 1.29 is 4.74 Å². The third kappa shape index (κ3) is 3.68. The Kier molecular flexibility index (Phi) is 5.31. The zero-order valence-corrected chi connectivity index (χ0v) is 17.5. The second-order valence-corrected chi connectivity index (χ2v) is 9.06. The van der Waals surface area contributed by atoms with Gasteiger partial charge in [-0.2, -0.15) is 5.10 Å². The maximum absolute atomic E-state index is 5.53. The number of hydrogen-bond acceptors (Lipinski definition) is 5. The normalized spacial score (nSPS) is 32.9. The first-order chi connectivity index (χ1) is 14.2. The van der Waals surface area contributed by atoms with Gasteiger partial charge in [-0.15, -0.1) is 0 Å². The topological polar surface area (TPSA) is 56.2 Å². The van der Waals surface area contributed by atoms with Crippen LogP contribution in [0.25, 0.3) is 0 Å². The van der Waals surface area contributed by atoms with Gasteiger partial charge in [0.25, 0.3) is 0 Å². The zero-order chi connectivity index (χ0) is 19.8. The van der Waals surface area contributed by atoms with Crippen LogP contribution in [0.1, 0.15) is 42.7 Å². The number of nitrogens with one attached hydrogen (secondary N) is 1. The fraction of sp³-hybridized carbons (Fsp3) is 0.652. The van der Waals surface area contributed by atoms with Gasteiger partial charge in [0.05, 0.1) is 18.9 Å². The molecule has 1 aliphatic carbocycles. The molecule has 29 heavy (non-hydrogen) atoms. The lowest BCUT2D eigenvalue weighted by Crippen LogP contribution is -2.45. The average molecular weight is 396 g/mol. The van der Waals surface area contributed by atoms with Crippen molar-refractivity contribution in [2.45, 2.75) is 44.1 Å². The molecule has 6 heteroatoms. The van der Waals surface area contributed by atoms with Crippen molar-refractivity contribution in [2.75, 3.05) is 39.9 Å². The summed E-state index contributed by atoms with van der Waals surface area (Å²) in [7, 11) is 2.04. The van der Waals surface area contributed by atoms with Crippen molar-refractivity contribution in [3.05, 3.63) is 30.0 Å². The molecule has 1 aromatic heterocycles. The summed E-state index contributed by atoms with van der Waals surface area (Å²) in [6, 6.07) is 0.759. The van der Waals surface area contributed by atoms with E-state index < -0.39 is 0 Å². The van der Waals surface area contributed by atoms with E-state index in [-0.39, 0.29) is 0 Å². The first-order valence-corrected chi connectivity index (χ1v) is 11.2. The lowest BCUT2D eigenvalue weighted by atomic mass is 9.74. The summed E-state index contributed by atoms with van der Waals surface area (Å²) in [5, 5.41) is 6.65. The van der Waals surface area contributed by atoms with Gasteiger partial charge in [-0.1, -0.05) is 6.58 Å². The Morgan fingerprint density at radius 1 is 1.21 bits per heavy atom. The molecular formula is C23H33N5O. The lowest BCUT2D eigenvalue weighted by Gasteiger charge is -2.40. The number of hydrazone groups is 1. The summed E-state index contributed by atoms with van der Waals surface area (Å²) < 4.78 is 5.53. The highest BCUT2D eigenvalue weighted by Crippen LogP contribution is 2.40. The predicted molar refractivity (Wildman–Crippen MR) is 117 cm³/mol. The zero-order valence-electron chi connectivity index (χ0n) is 17.5. The van der Waals surface area contributed by atoms with E-state index in [1.807, 2.05) is 18.1 Å². The highest BCUT2D eigenvalue weighted by Gasteiger charge is 2.34. The molecule has 1 saturated heterocycles. The summed E-state index contributed by atoms with van der Waals surface area (Å²) in [4.78, 5) is 10.9. The Balaban J connectivity index is 1.25. The molecule has 3 aliphatic heterocycles. The van der Waals surface area contributed by atoms with Gasteiger partial charge in [-0.05, 0) is 49.7 Å². The number of aromatic amines is 1. The number of hydrogen-bond donors (Lipinski definition) is 1. The van der Waals surface area contributed by atoms with E-state index in [1.54, 1.807) is 0 Å². The first kappa shape index (κ1) is 19.1. The number of allylic oxidation sites excluding steroid dienone is 1. The quantitative estimate of drug-likeness (QED) is 0.851. The number of morpholine rings is 1. The fourth-order valence-corrected chi connectivity index (χ4v) is 5.79. The van der Waals surface area contributed by atoms with Gasteiger partial charge in [-0.25, -0.2) is 4.99 Å². The minimum atomic E-state index is 0.309. The molecular weight excluding hydrogens is 362 g/mol. The maximum Gasteiger partial charge on any atom is 0.133 e. The minimum Gasteiger partial charge on any atom is -0.379 e. The second-order valence-electron chi connectivity index (χ2n) is 9.06. The second kappa shape index (κ2) is 8.07. The van der Waals surface area contributed by atoms with Crippen molar-refractivity contribution in [3.63, 3.8) is 0 Å². The van der Waals surface area contributed by atoms with Crippen molar-refractivity contribution in [3.8, 4) is 0 Å². The molecule has 0 radical (unpaired) electrons. The maximum atomic E-state index is 5.53. The van der Waals surface area contributed by atoms with Gasteiger partial charge in [0.15, 0.2) is 0 Å². The first-order valence-electron chi connectivity index (χ1n) is 11.2. The van der Waals surface area contributed by atoms with Crippen molar-refractivity contribution >= 4 is 17.7 Å². The van der Waals surface area contributed by atoms with Gasteiger partial charge in [0, 0.05) is 62.5 Å². The van der Waals surface area contributed by atoms with Crippen LogP contribution in [0.3, 0.4) is 0 Å². The molecule has 1 saturated carbocycles. The van der Waals surface area contributed by atoms with Crippen LogP contribution in [0.15, 0.2) is 28.9 Å². The molecule has 2 fully saturated rings. The molecule has 2 atom stereocenters. The van der Waals surface area contributed by atoms with E-state index in [0.717, 1.165) is 62.8 Å². The Hall–Kier alpha value is -1.92. The van der Waals surface area contributed by atoms with E-state index in [1.165, 1.54) is 36.8 Å². The molecule has 4 heterocycles. The van der Waals surface area contributed by atoms with E-state index in [4.69, 9.17) is 9.73 Å². The molecule has 1 N–H and O–H groups in total. The summed E-state index contributed by atoms with van der Waals surface area (Å²) in [5.41, 5.74) is 3.85. The van der Waals surface area contributed by atoms with E-state index >= 15 is 0 Å². The van der Waals surface area contributed by atoms with Crippen LogP contribution in [0.5, 0.6) is 0 Å². The van der Waals surface area contributed by atoms with Gasteiger partial charge >= 0.3 is 0 Å². The van der Waals surface area contributed by atoms with Gasteiger partial charge in [-0.3, -0.25) is 9.91 Å². The SMILES string of the molecule is C=CC1=NN(C)CC1c1c[nH]c2c1CC(C1CCC(N3CCOCC3)CC1)C=N2. The Labute approximate surface area is 173 Å². The number of fused-ring (bicyclic) bond motifs is 1. The highest BCUT2D eigenvalue weighted by atomic mass is 16.5. The molecule has 0 bridgehead atoms. The van der Waals surface area contributed by atoms with Crippen LogP contribution in [0.2, 0.25) is 0 Å². The summed E-state index contributed by atoms with van der Waals surface area (Å²) >= 11 is 0. The van der Waals surface area contributed by atoms with E-state index in [0.29, 0.717) is 11.8 Å². The molecule has 4 aliphatic rings. The Morgan fingerprint density at radius 2 is 2.00 bits per heavy atom. The van der Waals surface area contributed by atoms with Gasteiger partial charge < -0.3 is 9.72 Å². The fourth-order valence-electron chi connectivity index (χ4n) is 5.79. The third-order valence-electron chi connectivity index (χ3n) is 7.42. The predicted octanol–water partition coefficient (Wildman–Crippen LogP) is 3.35. The molecule has 0 aromatic carbocycles. The highest BCUT2D eigenvalue weighted by molar-refractivity contribution is 6.01. The van der Waals surface area contributed by atoms with Crippen LogP contribution in [0, 0.1) is 11.8 Å².